The van der Waals surface area contributed by atoms with Crippen molar-refractivity contribution in [3.05, 3.63) is 29.2 Å². The molecule has 0 aliphatic carbocycles. The van der Waals surface area contributed by atoms with Gasteiger partial charge in [0.2, 0.25) is 0 Å². The Kier molecular flexibility index (Phi) is 4.99. The van der Waals surface area contributed by atoms with Crippen LogP contribution in [0.5, 0.6) is 0 Å². The second-order valence-electron chi connectivity index (χ2n) is 4.77. The first-order valence-electron chi connectivity index (χ1n) is 6.69. The van der Waals surface area contributed by atoms with Crippen molar-refractivity contribution in [2.24, 2.45) is 0 Å². The monoisotopic (exact) mass is 276 g/mol. The number of hydrogen-bond donors (Lipinski definition) is 1. The average Bonchev–Trinajstić information content (AvgIpc) is 2.81. The fraction of sp³-hybridized carbons (Fsp3) is 0.500. The largest absolute Gasteiger partial charge is 0.310 e. The Labute approximate surface area is 118 Å². The van der Waals surface area contributed by atoms with E-state index in [9.17, 15) is 0 Å². The van der Waals surface area contributed by atoms with Gasteiger partial charge in [0.05, 0.1) is 11.9 Å². The maximum atomic E-state index is 4.72. The molecule has 0 radical (unpaired) electrons. The molecule has 0 aromatic carbocycles. The van der Waals surface area contributed by atoms with Crippen molar-refractivity contribution < 1.29 is 0 Å². The molecule has 0 saturated heterocycles. The number of thiazole rings is 1. The predicted octanol–water partition coefficient (Wildman–Crippen LogP) is 3.05. The molecule has 102 valence electrons. The second kappa shape index (κ2) is 6.73. The quantitative estimate of drug-likeness (QED) is 0.881. The summed E-state index contributed by atoms with van der Waals surface area (Å²) in [7, 11) is 0. The summed E-state index contributed by atoms with van der Waals surface area (Å²) in [6.07, 6.45) is 7.30. The second-order valence-corrected chi connectivity index (χ2v) is 5.85. The molecule has 19 heavy (non-hydrogen) atoms. The summed E-state index contributed by atoms with van der Waals surface area (Å²) in [4.78, 5) is 14.5. The van der Waals surface area contributed by atoms with Gasteiger partial charge >= 0.3 is 0 Å². The molecule has 0 aliphatic rings. The molecular weight excluding hydrogens is 256 g/mol. The molecule has 5 heteroatoms. The van der Waals surface area contributed by atoms with Crippen LogP contribution in [0, 0.1) is 0 Å². The van der Waals surface area contributed by atoms with E-state index in [4.69, 9.17) is 4.98 Å². The predicted molar refractivity (Wildman–Crippen MR) is 79.1 cm³/mol. The highest BCUT2D eigenvalue weighted by molar-refractivity contribution is 7.15. The van der Waals surface area contributed by atoms with Crippen molar-refractivity contribution in [2.75, 3.05) is 0 Å². The minimum absolute atomic E-state index is 0.483. The van der Waals surface area contributed by atoms with E-state index in [1.807, 2.05) is 0 Å². The summed E-state index contributed by atoms with van der Waals surface area (Å²) in [5.74, 6) is 0. The lowest BCUT2D eigenvalue weighted by Gasteiger charge is -2.07. The smallest absolute Gasteiger partial charge is 0.144 e. The van der Waals surface area contributed by atoms with Crippen molar-refractivity contribution in [2.45, 2.75) is 46.2 Å². The van der Waals surface area contributed by atoms with Crippen LogP contribution in [0.1, 0.15) is 37.8 Å². The molecule has 1 N–H and O–H groups in total. The van der Waals surface area contributed by atoms with Gasteiger partial charge in [0.1, 0.15) is 10.7 Å². The highest BCUT2D eigenvalue weighted by Gasteiger charge is 2.13. The first-order valence-corrected chi connectivity index (χ1v) is 7.50. The van der Waals surface area contributed by atoms with E-state index in [0.717, 1.165) is 30.1 Å². The molecule has 4 nitrogen and oxygen atoms in total. The summed E-state index contributed by atoms with van der Waals surface area (Å²) in [6.45, 7) is 7.38. The van der Waals surface area contributed by atoms with Crippen molar-refractivity contribution in [3.63, 3.8) is 0 Å². The van der Waals surface area contributed by atoms with E-state index >= 15 is 0 Å². The highest BCUT2D eigenvalue weighted by Crippen LogP contribution is 2.27. The molecule has 2 heterocycles. The van der Waals surface area contributed by atoms with E-state index in [0.29, 0.717) is 6.04 Å². The van der Waals surface area contributed by atoms with Crippen LogP contribution in [0.3, 0.4) is 0 Å². The van der Waals surface area contributed by atoms with Gasteiger partial charge in [-0.2, -0.15) is 0 Å². The molecule has 0 saturated carbocycles. The zero-order valence-corrected chi connectivity index (χ0v) is 12.5. The lowest BCUT2D eigenvalue weighted by atomic mass is 10.2. The van der Waals surface area contributed by atoms with E-state index in [1.54, 1.807) is 29.9 Å². The van der Waals surface area contributed by atoms with Crippen LogP contribution in [-0.2, 0) is 13.0 Å². The molecule has 2 rings (SSSR count). The standard InChI is InChI=1S/C14H20N4S/c1-4-5-11-13(9-17-10(2)3)19-14(18-11)12-8-15-6-7-16-12/h6-8,10,17H,4-5,9H2,1-3H3. The SMILES string of the molecule is CCCc1nc(-c2cnccn2)sc1CNC(C)C. The Morgan fingerprint density at radius 3 is 2.79 bits per heavy atom. The van der Waals surface area contributed by atoms with Gasteiger partial charge < -0.3 is 5.32 Å². The summed E-state index contributed by atoms with van der Waals surface area (Å²) < 4.78 is 0. The van der Waals surface area contributed by atoms with Gasteiger partial charge in [-0.15, -0.1) is 11.3 Å². The summed E-state index contributed by atoms with van der Waals surface area (Å²) in [5.41, 5.74) is 2.06. The minimum atomic E-state index is 0.483. The molecule has 0 fully saturated rings. The van der Waals surface area contributed by atoms with Crippen LogP contribution in [0.2, 0.25) is 0 Å². The van der Waals surface area contributed by atoms with E-state index in [2.05, 4.69) is 36.1 Å². The van der Waals surface area contributed by atoms with Gasteiger partial charge in [0.15, 0.2) is 0 Å². The number of hydrogen-bond acceptors (Lipinski definition) is 5. The summed E-state index contributed by atoms with van der Waals surface area (Å²) in [5, 5.41) is 4.43. The summed E-state index contributed by atoms with van der Waals surface area (Å²) in [6, 6.07) is 0.483. The Morgan fingerprint density at radius 1 is 1.32 bits per heavy atom. The first-order chi connectivity index (χ1) is 9.20. The van der Waals surface area contributed by atoms with Gasteiger partial charge in [0, 0.05) is 29.9 Å². The van der Waals surface area contributed by atoms with Crippen molar-refractivity contribution in [1.82, 2.24) is 20.3 Å². The van der Waals surface area contributed by atoms with Crippen molar-refractivity contribution >= 4 is 11.3 Å². The molecule has 0 unspecified atom stereocenters. The van der Waals surface area contributed by atoms with E-state index in [1.165, 1.54) is 10.6 Å². The molecule has 2 aromatic rings. The van der Waals surface area contributed by atoms with Crippen LogP contribution in [0.4, 0.5) is 0 Å². The lowest BCUT2D eigenvalue weighted by molar-refractivity contribution is 0.589. The third-order valence-electron chi connectivity index (χ3n) is 2.72. The average molecular weight is 276 g/mol. The number of aryl methyl sites for hydroxylation is 1. The molecule has 0 spiro atoms. The maximum Gasteiger partial charge on any atom is 0.144 e. The minimum Gasteiger partial charge on any atom is -0.310 e. The third kappa shape index (κ3) is 3.81. The fourth-order valence-corrected chi connectivity index (χ4v) is 2.79. The van der Waals surface area contributed by atoms with Gasteiger partial charge in [-0.05, 0) is 6.42 Å². The Balaban J connectivity index is 2.24. The lowest BCUT2D eigenvalue weighted by Crippen LogP contribution is -2.21. The van der Waals surface area contributed by atoms with Gasteiger partial charge in [-0.1, -0.05) is 27.2 Å². The van der Waals surface area contributed by atoms with Crippen molar-refractivity contribution in [1.29, 1.82) is 0 Å². The van der Waals surface area contributed by atoms with Gasteiger partial charge in [-0.3, -0.25) is 9.97 Å². The molecule has 2 aromatic heterocycles. The van der Waals surface area contributed by atoms with Gasteiger partial charge in [0.25, 0.3) is 0 Å². The number of nitrogens with zero attached hydrogens (tertiary/aromatic N) is 3. The molecule has 0 bridgehead atoms. The van der Waals surface area contributed by atoms with Crippen LogP contribution in [0.25, 0.3) is 10.7 Å². The molecular formula is C14H20N4S. The summed E-state index contributed by atoms with van der Waals surface area (Å²) >= 11 is 1.72. The zero-order valence-electron chi connectivity index (χ0n) is 11.7. The Bertz CT molecular complexity index is 507. The van der Waals surface area contributed by atoms with Gasteiger partial charge in [-0.25, -0.2) is 4.98 Å². The zero-order chi connectivity index (χ0) is 13.7. The van der Waals surface area contributed by atoms with Crippen LogP contribution < -0.4 is 5.32 Å². The Hall–Kier alpha value is -1.33. The Morgan fingerprint density at radius 2 is 2.16 bits per heavy atom. The highest BCUT2D eigenvalue weighted by atomic mass is 32.1. The molecule has 0 atom stereocenters. The molecule has 0 amide bonds. The van der Waals surface area contributed by atoms with Crippen LogP contribution in [-0.4, -0.2) is 21.0 Å². The molecule has 0 aliphatic heterocycles. The topological polar surface area (TPSA) is 50.7 Å². The number of rotatable bonds is 6. The normalized spacial score (nSPS) is 11.2. The number of aromatic nitrogens is 3. The first kappa shape index (κ1) is 14.1. The van der Waals surface area contributed by atoms with Crippen LogP contribution in [0.15, 0.2) is 18.6 Å². The fourth-order valence-electron chi connectivity index (χ4n) is 1.77. The number of nitrogens with one attached hydrogen (secondary N) is 1. The van der Waals surface area contributed by atoms with Crippen molar-refractivity contribution in [3.8, 4) is 10.7 Å². The van der Waals surface area contributed by atoms with Crippen LogP contribution >= 0.6 is 11.3 Å². The maximum absolute atomic E-state index is 4.72. The van der Waals surface area contributed by atoms with E-state index < -0.39 is 0 Å². The third-order valence-corrected chi connectivity index (χ3v) is 3.84. The van der Waals surface area contributed by atoms with E-state index in [-0.39, 0.29) is 0 Å².